The van der Waals surface area contributed by atoms with Crippen LogP contribution in [0.25, 0.3) is 0 Å². The summed E-state index contributed by atoms with van der Waals surface area (Å²) in [6, 6.07) is 11.4. The summed E-state index contributed by atoms with van der Waals surface area (Å²) in [6.45, 7) is 2.75. The van der Waals surface area contributed by atoms with Crippen molar-refractivity contribution in [3.05, 3.63) is 53.1 Å². The Kier molecular flexibility index (Phi) is 6.59. The van der Waals surface area contributed by atoms with E-state index < -0.39 is 10.0 Å². The second kappa shape index (κ2) is 8.94. The Hall–Kier alpha value is -2.09. The third-order valence-corrected chi connectivity index (χ3v) is 7.01. The smallest absolute Gasteiger partial charge is 0.262 e. The molecule has 1 N–H and O–H groups in total. The first-order chi connectivity index (χ1) is 13.4. The van der Waals surface area contributed by atoms with E-state index in [0.717, 1.165) is 24.8 Å². The molecule has 0 bridgehead atoms. The monoisotopic (exact) mass is 422 g/mol. The van der Waals surface area contributed by atoms with Gasteiger partial charge in [0.25, 0.3) is 5.91 Å². The highest BCUT2D eigenvalue weighted by molar-refractivity contribution is 7.89. The third-order valence-electron chi connectivity index (χ3n) is 4.69. The van der Waals surface area contributed by atoms with Gasteiger partial charge in [0, 0.05) is 23.8 Å². The standard InChI is InChI=1S/C20H23ClN2O4S/c1-15-18(21)6-5-7-19(15)22-20(24)14-27-16-8-10-17(11-9-16)28(25,26)23-12-3-2-4-13-23/h5-11H,2-4,12-14H2,1H3,(H,22,24). The molecule has 0 radical (unpaired) electrons. The number of anilines is 1. The zero-order valence-electron chi connectivity index (χ0n) is 15.7. The lowest BCUT2D eigenvalue weighted by Gasteiger charge is -2.25. The molecular formula is C20H23ClN2O4S. The lowest BCUT2D eigenvalue weighted by atomic mass is 10.2. The normalized spacial score (nSPS) is 15.2. The molecule has 1 amide bonds. The van der Waals surface area contributed by atoms with E-state index in [-0.39, 0.29) is 17.4 Å². The number of carbonyl (C=O) groups excluding carboxylic acids is 1. The predicted octanol–water partition coefficient (Wildman–Crippen LogP) is 3.84. The molecule has 1 aliphatic heterocycles. The summed E-state index contributed by atoms with van der Waals surface area (Å²) in [7, 11) is -3.47. The molecule has 6 nitrogen and oxygen atoms in total. The van der Waals surface area contributed by atoms with E-state index in [1.54, 1.807) is 30.3 Å². The number of hydrogen-bond donors (Lipinski definition) is 1. The maximum Gasteiger partial charge on any atom is 0.262 e. The minimum atomic E-state index is -3.47. The molecule has 0 saturated carbocycles. The molecule has 150 valence electrons. The van der Waals surface area contributed by atoms with Gasteiger partial charge in [-0.05, 0) is 61.7 Å². The minimum absolute atomic E-state index is 0.190. The Morgan fingerprint density at radius 1 is 1.11 bits per heavy atom. The van der Waals surface area contributed by atoms with Gasteiger partial charge in [0.2, 0.25) is 10.0 Å². The molecule has 0 unspecified atom stereocenters. The van der Waals surface area contributed by atoms with Gasteiger partial charge in [-0.2, -0.15) is 4.31 Å². The maximum atomic E-state index is 12.6. The highest BCUT2D eigenvalue weighted by Crippen LogP contribution is 2.24. The van der Waals surface area contributed by atoms with E-state index in [4.69, 9.17) is 16.3 Å². The van der Waals surface area contributed by atoms with Crippen LogP contribution in [0, 0.1) is 6.92 Å². The molecule has 0 aromatic heterocycles. The lowest BCUT2D eigenvalue weighted by Crippen LogP contribution is -2.35. The zero-order valence-corrected chi connectivity index (χ0v) is 17.2. The topological polar surface area (TPSA) is 75.7 Å². The maximum absolute atomic E-state index is 12.6. The highest BCUT2D eigenvalue weighted by atomic mass is 35.5. The lowest BCUT2D eigenvalue weighted by molar-refractivity contribution is -0.118. The first-order valence-corrected chi connectivity index (χ1v) is 11.0. The Morgan fingerprint density at radius 2 is 1.79 bits per heavy atom. The van der Waals surface area contributed by atoms with Gasteiger partial charge < -0.3 is 10.1 Å². The summed E-state index contributed by atoms with van der Waals surface area (Å²) < 4.78 is 32.3. The molecule has 1 saturated heterocycles. The Bertz CT molecular complexity index is 939. The number of nitrogens with zero attached hydrogens (tertiary/aromatic N) is 1. The minimum Gasteiger partial charge on any atom is -0.484 e. The van der Waals surface area contributed by atoms with Crippen molar-refractivity contribution in [3.63, 3.8) is 0 Å². The van der Waals surface area contributed by atoms with Gasteiger partial charge in [-0.25, -0.2) is 8.42 Å². The molecule has 28 heavy (non-hydrogen) atoms. The number of benzene rings is 2. The SMILES string of the molecule is Cc1c(Cl)cccc1NC(=O)COc1ccc(S(=O)(=O)N2CCCCC2)cc1. The second-order valence-corrected chi connectivity index (χ2v) is 9.03. The number of ether oxygens (including phenoxy) is 1. The van der Waals surface area contributed by atoms with E-state index in [2.05, 4.69) is 5.32 Å². The number of carbonyl (C=O) groups is 1. The van der Waals surface area contributed by atoms with Crippen LogP contribution >= 0.6 is 11.6 Å². The van der Waals surface area contributed by atoms with Crippen LogP contribution in [0.15, 0.2) is 47.4 Å². The number of sulfonamides is 1. The van der Waals surface area contributed by atoms with Gasteiger partial charge in [0.15, 0.2) is 6.61 Å². The molecule has 1 aliphatic rings. The summed E-state index contributed by atoms with van der Waals surface area (Å²) in [5.74, 6) is 0.103. The average molecular weight is 423 g/mol. The number of rotatable bonds is 6. The van der Waals surface area contributed by atoms with Gasteiger partial charge in [-0.15, -0.1) is 0 Å². The van der Waals surface area contributed by atoms with Gasteiger partial charge in [-0.1, -0.05) is 24.1 Å². The predicted molar refractivity (Wildman–Crippen MR) is 109 cm³/mol. The van der Waals surface area contributed by atoms with E-state index >= 15 is 0 Å². The fourth-order valence-electron chi connectivity index (χ4n) is 3.04. The van der Waals surface area contributed by atoms with E-state index in [0.29, 0.717) is 29.5 Å². The molecule has 8 heteroatoms. The van der Waals surface area contributed by atoms with Crippen LogP contribution in [-0.4, -0.2) is 38.3 Å². The van der Waals surface area contributed by atoms with E-state index in [1.807, 2.05) is 6.92 Å². The molecule has 1 heterocycles. The quantitative estimate of drug-likeness (QED) is 0.767. The summed E-state index contributed by atoms with van der Waals surface area (Å²) in [6.07, 6.45) is 2.85. The first kappa shape index (κ1) is 20.6. The van der Waals surface area contributed by atoms with Gasteiger partial charge >= 0.3 is 0 Å². The number of amides is 1. The van der Waals surface area contributed by atoms with Crippen molar-refractivity contribution >= 4 is 33.2 Å². The number of hydrogen-bond acceptors (Lipinski definition) is 4. The molecule has 0 aliphatic carbocycles. The molecule has 2 aromatic rings. The van der Waals surface area contributed by atoms with Crippen LogP contribution in [-0.2, 0) is 14.8 Å². The second-order valence-electron chi connectivity index (χ2n) is 6.69. The van der Waals surface area contributed by atoms with Crippen LogP contribution in [0.2, 0.25) is 5.02 Å². The Balaban J connectivity index is 1.58. The number of piperidine rings is 1. The van der Waals surface area contributed by atoms with Gasteiger partial charge in [-0.3, -0.25) is 4.79 Å². The number of nitrogens with one attached hydrogen (secondary N) is 1. The van der Waals surface area contributed by atoms with Crippen molar-refractivity contribution in [2.24, 2.45) is 0 Å². The van der Waals surface area contributed by atoms with Crippen molar-refractivity contribution in [2.45, 2.75) is 31.1 Å². The van der Waals surface area contributed by atoms with Crippen molar-refractivity contribution in [1.29, 1.82) is 0 Å². The molecule has 1 fully saturated rings. The van der Waals surface area contributed by atoms with E-state index in [9.17, 15) is 13.2 Å². The van der Waals surface area contributed by atoms with E-state index in [1.165, 1.54) is 16.4 Å². The van der Waals surface area contributed by atoms with Crippen LogP contribution in [0.4, 0.5) is 5.69 Å². The highest BCUT2D eigenvalue weighted by Gasteiger charge is 2.25. The third kappa shape index (κ3) is 4.84. The molecule has 0 spiro atoms. The van der Waals surface area contributed by atoms with Crippen molar-refractivity contribution in [1.82, 2.24) is 4.31 Å². The Morgan fingerprint density at radius 3 is 2.46 bits per heavy atom. The van der Waals surface area contributed by atoms with Crippen molar-refractivity contribution in [3.8, 4) is 5.75 Å². The van der Waals surface area contributed by atoms with Crippen LogP contribution in [0.5, 0.6) is 5.75 Å². The Labute approximate surface area is 170 Å². The van der Waals surface area contributed by atoms with Crippen LogP contribution < -0.4 is 10.1 Å². The van der Waals surface area contributed by atoms with Gasteiger partial charge in [0.05, 0.1) is 4.90 Å². The summed E-state index contributed by atoms with van der Waals surface area (Å²) in [5, 5.41) is 3.32. The average Bonchev–Trinajstić information content (AvgIpc) is 2.71. The fraction of sp³-hybridized carbons (Fsp3) is 0.350. The van der Waals surface area contributed by atoms with Crippen molar-refractivity contribution in [2.75, 3.05) is 25.0 Å². The summed E-state index contributed by atoms with van der Waals surface area (Å²) in [4.78, 5) is 12.3. The molecular weight excluding hydrogens is 400 g/mol. The van der Waals surface area contributed by atoms with Crippen LogP contribution in [0.3, 0.4) is 0 Å². The number of halogens is 1. The molecule has 0 atom stereocenters. The van der Waals surface area contributed by atoms with Crippen molar-refractivity contribution < 1.29 is 17.9 Å². The summed E-state index contributed by atoms with van der Waals surface area (Å²) in [5.41, 5.74) is 1.41. The fourth-order valence-corrected chi connectivity index (χ4v) is 4.73. The first-order valence-electron chi connectivity index (χ1n) is 9.16. The van der Waals surface area contributed by atoms with Gasteiger partial charge in [0.1, 0.15) is 5.75 Å². The largest absolute Gasteiger partial charge is 0.484 e. The summed E-state index contributed by atoms with van der Waals surface area (Å²) >= 11 is 6.04. The molecule has 3 rings (SSSR count). The molecule has 2 aromatic carbocycles. The zero-order chi connectivity index (χ0) is 20.1. The van der Waals surface area contributed by atoms with Crippen LogP contribution in [0.1, 0.15) is 24.8 Å².